The number of hydrogen-bond donors (Lipinski definition) is 1. The van der Waals surface area contributed by atoms with E-state index in [2.05, 4.69) is 35.8 Å². The minimum atomic E-state index is 0.407. The molecule has 1 aliphatic carbocycles. The predicted molar refractivity (Wildman–Crippen MR) is 74.3 cm³/mol. The fourth-order valence-corrected chi connectivity index (χ4v) is 2.60. The van der Waals surface area contributed by atoms with Crippen LogP contribution in [-0.2, 0) is 6.54 Å². The van der Waals surface area contributed by atoms with E-state index in [0.29, 0.717) is 18.6 Å². The second-order valence-electron chi connectivity index (χ2n) is 5.58. The highest BCUT2D eigenvalue weighted by molar-refractivity contribution is 5.00. The Hall–Kier alpha value is -0.870. The van der Waals surface area contributed by atoms with Crippen molar-refractivity contribution in [3.63, 3.8) is 0 Å². The molecule has 18 heavy (non-hydrogen) atoms. The van der Waals surface area contributed by atoms with Crippen molar-refractivity contribution in [1.82, 2.24) is 14.7 Å². The molecule has 2 rings (SSSR count). The van der Waals surface area contributed by atoms with E-state index in [-0.39, 0.29) is 0 Å². The van der Waals surface area contributed by atoms with Gasteiger partial charge in [0.2, 0.25) is 0 Å². The second-order valence-corrected chi connectivity index (χ2v) is 5.58. The highest BCUT2D eigenvalue weighted by atomic mass is 15.3. The maximum absolute atomic E-state index is 5.68. The predicted octanol–water partition coefficient (Wildman–Crippen LogP) is 2.17. The third-order valence-corrected chi connectivity index (χ3v) is 4.12. The first-order valence-corrected chi connectivity index (χ1v) is 7.15. The monoisotopic (exact) mass is 250 g/mol. The molecule has 0 saturated heterocycles. The van der Waals surface area contributed by atoms with E-state index >= 15 is 0 Å². The van der Waals surface area contributed by atoms with Crippen molar-refractivity contribution < 1.29 is 0 Å². The topological polar surface area (TPSA) is 47.1 Å². The van der Waals surface area contributed by atoms with Crippen molar-refractivity contribution in [3.05, 3.63) is 18.0 Å². The van der Waals surface area contributed by atoms with Crippen LogP contribution in [0.4, 0.5) is 0 Å². The van der Waals surface area contributed by atoms with E-state index in [1.807, 2.05) is 0 Å². The molecule has 1 saturated carbocycles. The first-order chi connectivity index (χ1) is 8.70. The van der Waals surface area contributed by atoms with Gasteiger partial charge in [-0.1, -0.05) is 19.3 Å². The van der Waals surface area contributed by atoms with Gasteiger partial charge in [-0.15, -0.1) is 0 Å². The smallest absolute Gasteiger partial charge is 0.0764 e. The van der Waals surface area contributed by atoms with Gasteiger partial charge in [0.15, 0.2) is 0 Å². The van der Waals surface area contributed by atoms with Crippen molar-refractivity contribution >= 4 is 0 Å². The van der Waals surface area contributed by atoms with Crippen LogP contribution < -0.4 is 5.73 Å². The molecule has 0 bridgehead atoms. The summed E-state index contributed by atoms with van der Waals surface area (Å²) in [6, 6.07) is 3.18. The Morgan fingerprint density at radius 1 is 1.44 bits per heavy atom. The van der Waals surface area contributed by atoms with Gasteiger partial charge in [0.25, 0.3) is 0 Å². The van der Waals surface area contributed by atoms with Crippen LogP contribution in [0, 0.1) is 0 Å². The van der Waals surface area contributed by atoms with Crippen LogP contribution in [0.3, 0.4) is 0 Å². The van der Waals surface area contributed by atoms with Crippen molar-refractivity contribution in [3.8, 4) is 0 Å². The molecule has 4 heteroatoms. The Balaban J connectivity index is 1.93. The molecule has 1 aromatic heterocycles. The molecule has 0 spiro atoms. The van der Waals surface area contributed by atoms with Crippen molar-refractivity contribution in [2.75, 3.05) is 13.6 Å². The van der Waals surface area contributed by atoms with Crippen LogP contribution in [0.2, 0.25) is 0 Å². The van der Waals surface area contributed by atoms with Gasteiger partial charge >= 0.3 is 0 Å². The highest BCUT2D eigenvalue weighted by Crippen LogP contribution is 2.27. The van der Waals surface area contributed by atoms with E-state index in [9.17, 15) is 0 Å². The van der Waals surface area contributed by atoms with Gasteiger partial charge in [-0.3, -0.25) is 9.58 Å². The summed E-state index contributed by atoms with van der Waals surface area (Å²) in [5.74, 6) is 0. The fourth-order valence-electron chi connectivity index (χ4n) is 2.60. The SMILES string of the molecule is CC(CN)N(C)Cc1ccn(C2CCCCC2)n1. The van der Waals surface area contributed by atoms with Crippen LogP contribution in [0.25, 0.3) is 0 Å². The summed E-state index contributed by atoms with van der Waals surface area (Å²) >= 11 is 0. The summed E-state index contributed by atoms with van der Waals surface area (Å²) in [5.41, 5.74) is 6.84. The van der Waals surface area contributed by atoms with Crippen LogP contribution in [0.1, 0.15) is 50.8 Å². The molecule has 4 nitrogen and oxygen atoms in total. The normalized spacial score (nSPS) is 19.3. The van der Waals surface area contributed by atoms with Gasteiger partial charge in [-0.25, -0.2) is 0 Å². The Morgan fingerprint density at radius 2 is 2.17 bits per heavy atom. The van der Waals surface area contributed by atoms with Crippen molar-refractivity contribution in [2.45, 2.75) is 57.7 Å². The van der Waals surface area contributed by atoms with Crippen LogP contribution >= 0.6 is 0 Å². The summed E-state index contributed by atoms with van der Waals surface area (Å²) in [7, 11) is 2.11. The van der Waals surface area contributed by atoms with Gasteiger partial charge in [-0.05, 0) is 32.9 Å². The zero-order chi connectivity index (χ0) is 13.0. The molecule has 0 aliphatic heterocycles. The minimum Gasteiger partial charge on any atom is -0.329 e. The number of nitrogens with two attached hydrogens (primary N) is 1. The number of aromatic nitrogens is 2. The first kappa shape index (κ1) is 13.6. The van der Waals surface area contributed by atoms with Gasteiger partial charge in [0.1, 0.15) is 0 Å². The zero-order valence-electron chi connectivity index (χ0n) is 11.7. The van der Waals surface area contributed by atoms with E-state index in [4.69, 9.17) is 10.8 Å². The third-order valence-electron chi connectivity index (χ3n) is 4.12. The maximum atomic E-state index is 5.68. The molecule has 0 amide bonds. The van der Waals surface area contributed by atoms with Crippen LogP contribution in [-0.4, -0.2) is 34.3 Å². The molecule has 1 unspecified atom stereocenters. The molecule has 0 aromatic carbocycles. The quantitative estimate of drug-likeness (QED) is 0.871. The van der Waals surface area contributed by atoms with E-state index in [1.165, 1.54) is 32.1 Å². The lowest BCUT2D eigenvalue weighted by molar-refractivity contribution is 0.249. The van der Waals surface area contributed by atoms with Gasteiger partial charge in [-0.2, -0.15) is 5.10 Å². The van der Waals surface area contributed by atoms with Crippen molar-refractivity contribution in [2.24, 2.45) is 5.73 Å². The Morgan fingerprint density at radius 3 is 2.83 bits per heavy atom. The second kappa shape index (κ2) is 6.34. The molecule has 1 fully saturated rings. The van der Waals surface area contributed by atoms with Gasteiger partial charge in [0, 0.05) is 25.3 Å². The largest absolute Gasteiger partial charge is 0.329 e. The van der Waals surface area contributed by atoms with Crippen LogP contribution in [0.15, 0.2) is 12.3 Å². The molecular formula is C14H26N4. The Kier molecular flexibility index (Phi) is 4.78. The molecule has 102 valence electrons. The lowest BCUT2D eigenvalue weighted by Gasteiger charge is -2.23. The Bertz CT molecular complexity index is 354. The summed E-state index contributed by atoms with van der Waals surface area (Å²) in [6.45, 7) is 3.73. The summed E-state index contributed by atoms with van der Waals surface area (Å²) in [4.78, 5) is 2.26. The lowest BCUT2D eigenvalue weighted by atomic mass is 9.96. The third kappa shape index (κ3) is 3.33. The molecule has 2 N–H and O–H groups in total. The standard InChI is InChI=1S/C14H26N4/c1-12(10-15)17(2)11-13-8-9-18(16-13)14-6-4-3-5-7-14/h8-9,12,14H,3-7,10-11,15H2,1-2H3. The lowest BCUT2D eigenvalue weighted by Crippen LogP contribution is -2.34. The fraction of sp³-hybridized carbons (Fsp3) is 0.786. The first-order valence-electron chi connectivity index (χ1n) is 7.15. The average Bonchev–Trinajstić information content (AvgIpc) is 2.87. The number of rotatable bonds is 5. The molecular weight excluding hydrogens is 224 g/mol. The number of hydrogen-bond acceptors (Lipinski definition) is 3. The summed E-state index contributed by atoms with van der Waals surface area (Å²) in [6.07, 6.45) is 8.81. The van der Waals surface area contributed by atoms with Gasteiger partial charge < -0.3 is 5.73 Å². The van der Waals surface area contributed by atoms with E-state index in [1.54, 1.807) is 0 Å². The van der Waals surface area contributed by atoms with E-state index in [0.717, 1.165) is 12.2 Å². The molecule has 1 atom stereocenters. The zero-order valence-corrected chi connectivity index (χ0v) is 11.7. The maximum Gasteiger partial charge on any atom is 0.0764 e. The number of likely N-dealkylation sites (N-methyl/N-ethyl adjacent to an activating group) is 1. The van der Waals surface area contributed by atoms with Crippen molar-refractivity contribution in [1.29, 1.82) is 0 Å². The Labute approximate surface area is 110 Å². The van der Waals surface area contributed by atoms with Gasteiger partial charge in [0.05, 0.1) is 11.7 Å². The molecule has 1 aliphatic rings. The number of nitrogens with zero attached hydrogens (tertiary/aromatic N) is 3. The highest BCUT2D eigenvalue weighted by Gasteiger charge is 2.16. The average molecular weight is 250 g/mol. The summed E-state index contributed by atoms with van der Waals surface area (Å²) in [5, 5.41) is 4.72. The molecule has 0 radical (unpaired) electrons. The molecule has 1 aromatic rings. The van der Waals surface area contributed by atoms with E-state index < -0.39 is 0 Å². The molecule has 1 heterocycles. The summed E-state index contributed by atoms with van der Waals surface area (Å²) < 4.78 is 2.18. The van der Waals surface area contributed by atoms with Crippen LogP contribution in [0.5, 0.6) is 0 Å². The minimum absolute atomic E-state index is 0.407.